The Morgan fingerprint density at radius 2 is 1.52 bits per heavy atom. The third-order valence-corrected chi connectivity index (χ3v) is 10.00. The lowest BCUT2D eigenvalue weighted by molar-refractivity contribution is 0.0544. The van der Waals surface area contributed by atoms with Crippen LogP contribution in [0.15, 0.2) is 103 Å². The first-order chi connectivity index (χ1) is 26.3. The van der Waals surface area contributed by atoms with Gasteiger partial charge >= 0.3 is 6.03 Å². The first-order valence-electron chi connectivity index (χ1n) is 19.0. The molecule has 5 aromatic rings. The number of hydrogen-bond donors (Lipinski definition) is 3. The summed E-state index contributed by atoms with van der Waals surface area (Å²) in [7, 11) is 0. The molecule has 1 aliphatic rings. The summed E-state index contributed by atoms with van der Waals surface area (Å²) in [5, 5.41) is 21.2. The lowest BCUT2D eigenvalue weighted by Gasteiger charge is -2.36. The molecule has 0 saturated heterocycles. The number of amides is 4. The molecule has 0 unspecified atom stereocenters. The van der Waals surface area contributed by atoms with Crippen LogP contribution in [-0.4, -0.2) is 68.3 Å². The van der Waals surface area contributed by atoms with Gasteiger partial charge in [0.1, 0.15) is 0 Å². The fourth-order valence-electron chi connectivity index (χ4n) is 7.01. The molecule has 0 aliphatic carbocycles. The number of unbranched alkanes of at least 4 members (excludes halogenated alkanes) is 2. The molecule has 0 spiro atoms. The van der Waals surface area contributed by atoms with Crippen molar-refractivity contribution in [2.45, 2.75) is 71.9 Å². The van der Waals surface area contributed by atoms with Crippen molar-refractivity contribution in [3.63, 3.8) is 0 Å². The van der Waals surface area contributed by atoms with Crippen LogP contribution in [0.3, 0.4) is 0 Å². The Balaban J connectivity index is 1.33. The number of nitrogens with one attached hydrogen (secondary N) is 2. The number of para-hydroxylation sites is 1. The number of fused-ring (bicyclic) bond motifs is 1. The third-order valence-electron chi connectivity index (χ3n) is 10.00. The summed E-state index contributed by atoms with van der Waals surface area (Å²) in [6.45, 7) is 7.50. The highest BCUT2D eigenvalue weighted by atomic mass is 16.3. The van der Waals surface area contributed by atoms with E-state index in [9.17, 15) is 19.5 Å². The minimum atomic E-state index is -0.454. The second-order valence-electron chi connectivity index (χ2n) is 14.0. The topological polar surface area (TPSA) is 120 Å². The molecule has 10 nitrogen and oxygen atoms in total. The summed E-state index contributed by atoms with van der Waals surface area (Å²) in [6.07, 6.45) is 4.92. The molecule has 3 N–H and O–H groups in total. The van der Waals surface area contributed by atoms with E-state index in [1.54, 1.807) is 33.8 Å². The molecule has 4 aromatic carbocycles. The maximum atomic E-state index is 14.7. The van der Waals surface area contributed by atoms with Crippen molar-refractivity contribution in [1.82, 2.24) is 19.6 Å². The van der Waals surface area contributed by atoms with Crippen LogP contribution in [0.2, 0.25) is 0 Å². The second-order valence-corrected chi connectivity index (χ2v) is 14.0. The van der Waals surface area contributed by atoms with Crippen LogP contribution in [-0.2, 0) is 19.4 Å². The van der Waals surface area contributed by atoms with E-state index in [4.69, 9.17) is 5.10 Å². The van der Waals surface area contributed by atoms with Gasteiger partial charge in [0.15, 0.2) is 5.69 Å². The molecule has 1 aromatic heterocycles. The number of nitrogens with zero attached hydrogens (tertiary/aromatic N) is 4. The van der Waals surface area contributed by atoms with Gasteiger partial charge in [-0.1, -0.05) is 99.5 Å². The van der Waals surface area contributed by atoms with Crippen molar-refractivity contribution in [2.24, 2.45) is 0 Å². The van der Waals surface area contributed by atoms with Crippen LogP contribution >= 0.6 is 0 Å². The van der Waals surface area contributed by atoms with Gasteiger partial charge < -0.3 is 25.5 Å². The van der Waals surface area contributed by atoms with E-state index in [-0.39, 0.29) is 24.0 Å². The monoisotopic (exact) mass is 726 g/mol. The SMILES string of the molecule is CCCCN(CCCC)C(=O)c1cc(C)n(-c2ccc(NC(=O)Nc3ccccc3Cc3ccccc3)cc2C(=O)N2Cc3ccccc3C[C@H]2CO)n1. The van der Waals surface area contributed by atoms with E-state index in [0.29, 0.717) is 60.9 Å². The van der Waals surface area contributed by atoms with Gasteiger partial charge in [0, 0.05) is 36.7 Å². The number of aryl methyl sites for hydroxylation is 1. The van der Waals surface area contributed by atoms with E-state index < -0.39 is 12.1 Å². The number of carbonyl (C=O) groups is 3. The molecule has 10 heteroatoms. The quantitative estimate of drug-likeness (QED) is 0.107. The lowest BCUT2D eigenvalue weighted by Crippen LogP contribution is -2.46. The summed E-state index contributed by atoms with van der Waals surface area (Å²) < 4.78 is 1.63. The van der Waals surface area contributed by atoms with Crippen molar-refractivity contribution in [3.05, 3.63) is 142 Å². The minimum Gasteiger partial charge on any atom is -0.394 e. The standard InChI is InChI=1S/C44H50N6O4/c1-4-6-23-48(24-7-5-2)43(53)40-25-31(3)50(47-40)41-22-21-36(28-38(41)42(52)49-29-35-19-12-11-17-33(35)27-37(49)30-51)45-44(54)46-39-20-14-13-18-34(39)26-32-15-9-8-10-16-32/h8-22,25,28,37,51H,4-7,23-24,26-27,29-30H2,1-3H3,(H2,45,46,54)/t37-/m0/s1. The molecule has 0 bridgehead atoms. The smallest absolute Gasteiger partial charge is 0.323 e. The molecule has 0 fully saturated rings. The number of hydrogen-bond acceptors (Lipinski definition) is 5. The van der Waals surface area contributed by atoms with E-state index in [2.05, 4.69) is 24.5 Å². The van der Waals surface area contributed by atoms with E-state index in [0.717, 1.165) is 47.9 Å². The van der Waals surface area contributed by atoms with Crippen LogP contribution < -0.4 is 10.6 Å². The summed E-state index contributed by atoms with van der Waals surface area (Å²) in [4.78, 5) is 45.5. The number of aliphatic hydroxyl groups is 1. The van der Waals surface area contributed by atoms with Crippen molar-refractivity contribution in [1.29, 1.82) is 0 Å². The Hall–Kier alpha value is -5.74. The van der Waals surface area contributed by atoms with Crippen molar-refractivity contribution < 1.29 is 19.5 Å². The number of rotatable bonds is 14. The number of benzene rings is 4. The van der Waals surface area contributed by atoms with Crippen molar-refractivity contribution in [2.75, 3.05) is 30.3 Å². The fourth-order valence-corrected chi connectivity index (χ4v) is 7.01. The molecular weight excluding hydrogens is 677 g/mol. The predicted molar refractivity (Wildman–Crippen MR) is 213 cm³/mol. The average Bonchev–Trinajstić information content (AvgIpc) is 3.59. The van der Waals surface area contributed by atoms with E-state index in [1.807, 2.05) is 90.7 Å². The average molecular weight is 727 g/mol. The van der Waals surface area contributed by atoms with Gasteiger partial charge in [-0.15, -0.1) is 0 Å². The van der Waals surface area contributed by atoms with Gasteiger partial charge in [-0.2, -0.15) is 5.10 Å². The zero-order valence-electron chi connectivity index (χ0n) is 31.4. The highest BCUT2D eigenvalue weighted by molar-refractivity contribution is 6.03. The largest absolute Gasteiger partial charge is 0.394 e. The second kappa shape index (κ2) is 17.9. The van der Waals surface area contributed by atoms with Gasteiger partial charge in [-0.25, -0.2) is 9.48 Å². The summed E-state index contributed by atoms with van der Waals surface area (Å²) >= 11 is 0. The van der Waals surface area contributed by atoms with Gasteiger partial charge in [0.25, 0.3) is 11.8 Å². The molecule has 0 saturated carbocycles. The van der Waals surface area contributed by atoms with E-state index in [1.165, 1.54) is 0 Å². The number of carbonyl (C=O) groups excluding carboxylic acids is 3. The fraction of sp³-hybridized carbons (Fsp3) is 0.318. The Morgan fingerprint density at radius 3 is 2.24 bits per heavy atom. The number of urea groups is 1. The van der Waals surface area contributed by atoms with Crippen LogP contribution in [0.25, 0.3) is 5.69 Å². The van der Waals surface area contributed by atoms with Crippen molar-refractivity contribution in [3.8, 4) is 5.69 Å². The first-order valence-corrected chi connectivity index (χ1v) is 19.0. The lowest BCUT2D eigenvalue weighted by atomic mass is 9.93. The van der Waals surface area contributed by atoms with Gasteiger partial charge in [-0.3, -0.25) is 9.59 Å². The highest BCUT2D eigenvalue weighted by Gasteiger charge is 2.32. The summed E-state index contributed by atoms with van der Waals surface area (Å²) in [6, 6.07) is 31.7. The van der Waals surface area contributed by atoms with Crippen LogP contribution in [0, 0.1) is 6.92 Å². The molecule has 4 amide bonds. The number of aromatic nitrogens is 2. The first kappa shape index (κ1) is 38.0. The van der Waals surface area contributed by atoms with Gasteiger partial charge in [0.05, 0.1) is 23.9 Å². The summed E-state index contributed by atoms with van der Waals surface area (Å²) in [5.41, 5.74) is 7.06. The minimum absolute atomic E-state index is 0.137. The number of aliphatic hydroxyl groups excluding tert-OH is 1. The normalized spacial score (nSPS) is 13.6. The van der Waals surface area contributed by atoms with Gasteiger partial charge in [-0.05, 0) is 85.2 Å². The maximum Gasteiger partial charge on any atom is 0.323 e. The van der Waals surface area contributed by atoms with Crippen LogP contribution in [0.1, 0.15) is 88.3 Å². The Kier molecular flexibility index (Phi) is 12.6. The van der Waals surface area contributed by atoms with Crippen molar-refractivity contribution >= 4 is 29.2 Å². The molecular formula is C44H50N6O4. The zero-order valence-corrected chi connectivity index (χ0v) is 31.4. The molecule has 280 valence electrons. The molecule has 54 heavy (non-hydrogen) atoms. The van der Waals surface area contributed by atoms with Crippen LogP contribution in [0.4, 0.5) is 16.2 Å². The number of anilines is 2. The van der Waals surface area contributed by atoms with Gasteiger partial charge in [0.2, 0.25) is 0 Å². The molecule has 6 rings (SSSR count). The van der Waals surface area contributed by atoms with E-state index >= 15 is 0 Å². The highest BCUT2D eigenvalue weighted by Crippen LogP contribution is 2.29. The molecule has 1 aliphatic heterocycles. The summed E-state index contributed by atoms with van der Waals surface area (Å²) in [5.74, 6) is -0.451. The molecule has 2 heterocycles. The molecule has 1 atom stereocenters. The Bertz CT molecular complexity index is 2070. The Morgan fingerprint density at radius 1 is 0.833 bits per heavy atom. The Labute approximate surface area is 317 Å². The maximum absolute atomic E-state index is 14.7. The predicted octanol–water partition coefficient (Wildman–Crippen LogP) is 8.02. The molecule has 0 radical (unpaired) electrons. The van der Waals surface area contributed by atoms with Crippen LogP contribution in [0.5, 0.6) is 0 Å². The third kappa shape index (κ3) is 8.89. The zero-order chi connectivity index (χ0) is 38.0.